The molecule has 3 saturated heterocycles. The summed E-state index contributed by atoms with van der Waals surface area (Å²) in [6, 6.07) is 16.5. The van der Waals surface area contributed by atoms with Crippen molar-refractivity contribution in [1.29, 1.82) is 5.26 Å². The van der Waals surface area contributed by atoms with Gasteiger partial charge in [-0.2, -0.15) is 5.26 Å². The molecule has 3 fully saturated rings. The topological polar surface area (TPSA) is 332 Å². The second-order valence-corrected chi connectivity index (χ2v) is 16.0. The number of methoxy groups -OCH3 is 1. The SMILES string of the molecule is COc1ccccc1C(=O)OCC1OC(OC2OC=C(C(=O)OCC3(O)COC(OCC4OC(OC(C#N)c5ccccc5)C(O)C(O)C4O)C3O)C3CC=C(CO)C23)C(O)C(O)C1O. The van der Waals surface area contributed by atoms with E-state index in [0.29, 0.717) is 11.1 Å². The van der Waals surface area contributed by atoms with Crippen molar-refractivity contribution in [2.75, 3.05) is 40.1 Å². The molecule has 22 nitrogen and oxygen atoms in total. The van der Waals surface area contributed by atoms with Crippen LogP contribution in [-0.4, -0.2) is 184 Å². The Labute approximate surface area is 370 Å². The largest absolute Gasteiger partial charge is 0.496 e. The van der Waals surface area contributed by atoms with Crippen LogP contribution in [0.3, 0.4) is 0 Å². The van der Waals surface area contributed by atoms with Gasteiger partial charge in [0.25, 0.3) is 0 Å². The van der Waals surface area contributed by atoms with Gasteiger partial charge in [-0.3, -0.25) is 0 Å². The molecule has 17 atom stereocenters. The molecule has 4 aliphatic heterocycles. The van der Waals surface area contributed by atoms with Crippen LogP contribution >= 0.6 is 0 Å². The fourth-order valence-electron chi connectivity index (χ4n) is 8.15. The molecule has 65 heavy (non-hydrogen) atoms. The summed E-state index contributed by atoms with van der Waals surface area (Å²) in [5.41, 5.74) is -1.35. The van der Waals surface area contributed by atoms with Crippen molar-refractivity contribution < 1.29 is 103 Å². The molecule has 2 aromatic rings. The lowest BCUT2D eigenvalue weighted by atomic mass is 9.83. The van der Waals surface area contributed by atoms with Crippen LogP contribution in [0.1, 0.15) is 28.4 Å². The first kappa shape index (κ1) is 48.3. The predicted octanol–water partition coefficient (Wildman–Crippen LogP) is -2.43. The Hall–Kier alpha value is -4.65. The van der Waals surface area contributed by atoms with Gasteiger partial charge in [-0.05, 0) is 29.7 Å². The third-order valence-electron chi connectivity index (χ3n) is 11.9. The van der Waals surface area contributed by atoms with E-state index >= 15 is 0 Å². The quantitative estimate of drug-likeness (QED) is 0.0624. The van der Waals surface area contributed by atoms with Gasteiger partial charge >= 0.3 is 11.9 Å². The van der Waals surface area contributed by atoms with Gasteiger partial charge in [0.2, 0.25) is 6.29 Å². The lowest BCUT2D eigenvalue weighted by molar-refractivity contribution is -0.339. The molecule has 7 rings (SSSR count). The molecule has 22 heteroatoms. The van der Waals surface area contributed by atoms with Gasteiger partial charge in [-0.1, -0.05) is 48.5 Å². The molecule has 5 aliphatic rings. The normalized spacial score (nSPS) is 37.2. The summed E-state index contributed by atoms with van der Waals surface area (Å²) in [4.78, 5) is 26.4. The number of rotatable bonds is 16. The zero-order valence-corrected chi connectivity index (χ0v) is 34.7. The van der Waals surface area contributed by atoms with E-state index in [0.717, 1.165) is 6.26 Å². The fourth-order valence-corrected chi connectivity index (χ4v) is 8.15. The molecule has 2 aromatic carbocycles. The maximum Gasteiger partial charge on any atom is 0.342 e. The number of para-hydroxylation sites is 1. The van der Waals surface area contributed by atoms with Crippen molar-refractivity contribution in [3.8, 4) is 11.8 Å². The first-order chi connectivity index (χ1) is 31.2. The highest BCUT2D eigenvalue weighted by Gasteiger charge is 2.53. The number of hydrogen-bond acceptors (Lipinski definition) is 22. The molecule has 9 N–H and O–H groups in total. The predicted molar refractivity (Wildman–Crippen MR) is 211 cm³/mol. The molecule has 0 saturated carbocycles. The van der Waals surface area contributed by atoms with E-state index in [1.54, 1.807) is 54.6 Å². The minimum Gasteiger partial charge on any atom is -0.496 e. The van der Waals surface area contributed by atoms with Crippen LogP contribution in [0.2, 0.25) is 0 Å². The number of allylic oxidation sites excluding steroid dienone is 1. The number of fused-ring (bicyclic) bond motifs is 1. The lowest BCUT2D eigenvalue weighted by Gasteiger charge is -2.43. The smallest absolute Gasteiger partial charge is 0.342 e. The molecule has 354 valence electrons. The summed E-state index contributed by atoms with van der Waals surface area (Å²) >= 11 is 0. The summed E-state index contributed by atoms with van der Waals surface area (Å²) in [7, 11) is 1.37. The number of ether oxygens (including phenoxy) is 10. The average Bonchev–Trinajstić information content (AvgIpc) is 3.89. The van der Waals surface area contributed by atoms with Gasteiger partial charge in [0.1, 0.15) is 79.5 Å². The molecule has 0 radical (unpaired) electrons. The third kappa shape index (κ3) is 10.2. The monoisotopic (exact) mass is 917 g/mol. The standard InChI is InChI=1S/C43H51NO21/c1-56-25-10-6-5-9-23(25)37(53)57-16-27-30(46)33(49)35(51)41(64-27)65-39-29-21(14-45)11-12-22(29)24(15-58-39)38(54)60-18-43(55)19-61-42(36(43)52)59-17-28-31(47)32(48)34(50)40(63-28)62-26(13-44)20-7-3-2-4-8-20/h2-11,15,22,26-36,39-42,45-52,55H,12,14,16-19H2,1H3. The number of aliphatic hydroxyl groups is 9. The molecule has 17 unspecified atom stereocenters. The molecule has 1 aliphatic carbocycles. The lowest BCUT2D eigenvalue weighted by Crippen LogP contribution is -2.60. The Morgan fingerprint density at radius 3 is 2.17 bits per heavy atom. The van der Waals surface area contributed by atoms with Crippen molar-refractivity contribution in [2.24, 2.45) is 11.8 Å². The molecule has 4 heterocycles. The molecular weight excluding hydrogens is 866 g/mol. The zero-order valence-electron chi connectivity index (χ0n) is 34.7. The second kappa shape index (κ2) is 20.9. The number of carbonyl (C=O) groups is 2. The number of esters is 2. The second-order valence-electron chi connectivity index (χ2n) is 16.0. The van der Waals surface area contributed by atoms with E-state index in [-0.39, 0.29) is 23.3 Å². The van der Waals surface area contributed by atoms with E-state index < -0.39 is 149 Å². The van der Waals surface area contributed by atoms with Gasteiger partial charge in [0, 0.05) is 5.92 Å². The molecular formula is C43H51NO21. The van der Waals surface area contributed by atoms with Crippen LogP contribution in [0, 0.1) is 23.2 Å². The Bertz CT molecular complexity index is 2070. The van der Waals surface area contributed by atoms with E-state index in [2.05, 4.69) is 0 Å². The average molecular weight is 918 g/mol. The van der Waals surface area contributed by atoms with E-state index in [1.165, 1.54) is 13.2 Å². The van der Waals surface area contributed by atoms with Crippen molar-refractivity contribution in [1.82, 2.24) is 0 Å². The van der Waals surface area contributed by atoms with E-state index in [4.69, 9.17) is 47.4 Å². The highest BCUT2D eigenvalue weighted by Crippen LogP contribution is 2.45. The van der Waals surface area contributed by atoms with Gasteiger partial charge in [0.15, 0.2) is 30.6 Å². The molecule has 0 spiro atoms. The minimum absolute atomic E-state index is 0.0482. The Kier molecular flexibility index (Phi) is 15.5. The van der Waals surface area contributed by atoms with Gasteiger partial charge in [-0.15, -0.1) is 0 Å². The summed E-state index contributed by atoms with van der Waals surface area (Å²) in [5, 5.41) is 106. The van der Waals surface area contributed by atoms with Gasteiger partial charge in [-0.25, -0.2) is 9.59 Å². The van der Waals surface area contributed by atoms with Gasteiger partial charge in [0.05, 0.1) is 50.8 Å². The minimum atomic E-state index is -2.22. The Morgan fingerprint density at radius 1 is 0.815 bits per heavy atom. The maximum atomic E-state index is 13.6. The Balaban J connectivity index is 0.937. The van der Waals surface area contributed by atoms with Crippen LogP contribution in [0.25, 0.3) is 0 Å². The maximum absolute atomic E-state index is 13.6. The molecule has 0 amide bonds. The number of aliphatic hydroxyl groups excluding tert-OH is 8. The molecule has 0 bridgehead atoms. The van der Waals surface area contributed by atoms with Crippen LogP contribution < -0.4 is 4.74 Å². The summed E-state index contributed by atoms with van der Waals surface area (Å²) < 4.78 is 55.7. The molecule has 0 aromatic heterocycles. The number of nitrogens with zero attached hydrogens (tertiary/aromatic N) is 1. The van der Waals surface area contributed by atoms with Crippen molar-refractivity contribution in [3.05, 3.63) is 89.2 Å². The zero-order chi connectivity index (χ0) is 46.6. The van der Waals surface area contributed by atoms with Crippen molar-refractivity contribution in [2.45, 2.75) is 98.2 Å². The van der Waals surface area contributed by atoms with E-state index in [1.807, 2.05) is 6.07 Å². The number of nitriles is 1. The third-order valence-corrected chi connectivity index (χ3v) is 11.9. The number of carbonyl (C=O) groups excluding carboxylic acids is 2. The van der Waals surface area contributed by atoms with Crippen LogP contribution in [0.15, 0.2) is 78.1 Å². The van der Waals surface area contributed by atoms with E-state index in [9.17, 15) is 60.8 Å². The fraction of sp³-hybridized carbons (Fsp3) is 0.558. The summed E-state index contributed by atoms with van der Waals surface area (Å²) in [6.45, 7) is -3.03. The van der Waals surface area contributed by atoms with Crippen molar-refractivity contribution in [3.63, 3.8) is 0 Å². The van der Waals surface area contributed by atoms with Gasteiger partial charge < -0.3 is 93.3 Å². The number of hydrogen-bond donors (Lipinski definition) is 9. The summed E-state index contributed by atoms with van der Waals surface area (Å²) in [6.07, 6.45) is -19.7. The number of benzene rings is 2. The highest BCUT2D eigenvalue weighted by molar-refractivity contribution is 5.92. The Morgan fingerprint density at radius 2 is 1.48 bits per heavy atom. The van der Waals surface area contributed by atoms with Crippen molar-refractivity contribution >= 4 is 11.9 Å². The van der Waals surface area contributed by atoms with Crippen LogP contribution in [0.5, 0.6) is 5.75 Å². The van der Waals surface area contributed by atoms with Crippen LogP contribution in [0.4, 0.5) is 0 Å². The highest BCUT2D eigenvalue weighted by atomic mass is 16.8. The summed E-state index contributed by atoms with van der Waals surface area (Å²) in [5.74, 6) is -3.18. The first-order valence-electron chi connectivity index (χ1n) is 20.6. The first-order valence-corrected chi connectivity index (χ1v) is 20.6. The van der Waals surface area contributed by atoms with Crippen LogP contribution in [-0.2, 0) is 47.4 Å².